The predicted octanol–water partition coefficient (Wildman–Crippen LogP) is 3.54. The Morgan fingerprint density at radius 2 is 1.64 bits per heavy atom. The van der Waals surface area contributed by atoms with E-state index in [0.29, 0.717) is 16.7 Å². The van der Waals surface area contributed by atoms with Gasteiger partial charge in [0.15, 0.2) is 0 Å². The lowest BCUT2D eigenvalue weighted by Gasteiger charge is -2.24. The van der Waals surface area contributed by atoms with E-state index in [9.17, 15) is 18.8 Å². The second-order valence-corrected chi connectivity index (χ2v) is 6.49. The van der Waals surface area contributed by atoms with Gasteiger partial charge in [0.25, 0.3) is 11.8 Å². The van der Waals surface area contributed by atoms with Crippen molar-refractivity contribution in [1.82, 2.24) is 4.90 Å². The highest BCUT2D eigenvalue weighted by Gasteiger charge is 2.39. The van der Waals surface area contributed by atoms with Crippen LogP contribution in [0.3, 0.4) is 0 Å². The van der Waals surface area contributed by atoms with Crippen LogP contribution in [0.5, 0.6) is 0 Å². The number of amides is 2. The molecule has 5 nitrogen and oxygen atoms in total. The Morgan fingerprint density at radius 1 is 1.07 bits per heavy atom. The van der Waals surface area contributed by atoms with Gasteiger partial charge >= 0.3 is 5.97 Å². The van der Waals surface area contributed by atoms with E-state index >= 15 is 0 Å². The number of rotatable bonds is 6. The van der Waals surface area contributed by atoms with Gasteiger partial charge in [-0.2, -0.15) is 0 Å². The van der Waals surface area contributed by atoms with Gasteiger partial charge in [-0.1, -0.05) is 30.3 Å². The Balaban J connectivity index is 1.97. The number of fused-ring (bicyclic) bond motifs is 1. The van der Waals surface area contributed by atoms with E-state index < -0.39 is 23.8 Å². The molecule has 3 rings (SSSR count). The fraction of sp³-hybridized carbons (Fsp3) is 0.227. The average Bonchev–Trinajstić information content (AvgIpc) is 2.94. The molecule has 1 heterocycles. The van der Waals surface area contributed by atoms with Crippen molar-refractivity contribution in [3.63, 3.8) is 0 Å². The lowest BCUT2D eigenvalue weighted by Crippen LogP contribution is -2.40. The molecule has 1 aliphatic rings. The molecule has 0 radical (unpaired) electrons. The molecule has 2 aromatic carbocycles. The third-order valence-electron chi connectivity index (χ3n) is 4.56. The first-order valence-electron chi connectivity index (χ1n) is 8.99. The smallest absolute Gasteiger partial charge is 0.333 e. The molecule has 0 aliphatic carbocycles. The molecule has 144 valence electrons. The van der Waals surface area contributed by atoms with Gasteiger partial charge in [-0.3, -0.25) is 14.5 Å². The Bertz CT molecular complexity index is 914. The summed E-state index contributed by atoms with van der Waals surface area (Å²) in [4.78, 5) is 38.9. The summed E-state index contributed by atoms with van der Waals surface area (Å²) in [5.41, 5.74) is 1.69. The molecule has 28 heavy (non-hydrogen) atoms. The molecule has 2 amide bonds. The molecule has 0 bridgehead atoms. The third kappa shape index (κ3) is 3.86. The van der Waals surface area contributed by atoms with E-state index in [2.05, 4.69) is 0 Å². The summed E-state index contributed by atoms with van der Waals surface area (Å²) in [6.45, 7) is 3.50. The van der Waals surface area contributed by atoms with Crippen LogP contribution in [-0.4, -0.2) is 35.3 Å². The summed E-state index contributed by atoms with van der Waals surface area (Å²) in [6.07, 6.45) is 1.81. The van der Waals surface area contributed by atoms with Crippen LogP contribution in [0.4, 0.5) is 4.39 Å². The molecule has 0 saturated carbocycles. The predicted molar refractivity (Wildman–Crippen MR) is 101 cm³/mol. The second kappa shape index (κ2) is 8.17. The first-order valence-corrected chi connectivity index (χ1v) is 8.99. The fourth-order valence-electron chi connectivity index (χ4n) is 3.20. The van der Waals surface area contributed by atoms with Crippen LogP contribution >= 0.6 is 0 Å². The van der Waals surface area contributed by atoms with Gasteiger partial charge in [0.2, 0.25) is 0 Å². The number of carbonyl (C=O) groups excluding carboxylic acids is 3. The maximum Gasteiger partial charge on any atom is 0.333 e. The van der Waals surface area contributed by atoms with Crippen LogP contribution in [0.2, 0.25) is 0 Å². The summed E-state index contributed by atoms with van der Waals surface area (Å²) in [7, 11) is 0. The minimum absolute atomic E-state index is 0.222. The lowest BCUT2D eigenvalue weighted by atomic mass is 10.0. The molecule has 0 saturated heterocycles. The van der Waals surface area contributed by atoms with Crippen LogP contribution in [0.15, 0.2) is 60.2 Å². The Kier molecular flexibility index (Phi) is 5.68. The number of hydrogen-bond donors (Lipinski definition) is 0. The molecule has 0 N–H and O–H groups in total. The molecule has 1 atom stereocenters. The fourth-order valence-corrected chi connectivity index (χ4v) is 3.20. The van der Waals surface area contributed by atoms with E-state index in [4.69, 9.17) is 4.74 Å². The van der Waals surface area contributed by atoms with Crippen LogP contribution in [0.1, 0.15) is 40.1 Å². The van der Waals surface area contributed by atoms with Crippen molar-refractivity contribution >= 4 is 17.8 Å². The quantitative estimate of drug-likeness (QED) is 0.436. The number of carbonyl (C=O) groups is 3. The number of esters is 1. The molecule has 0 fully saturated rings. The van der Waals surface area contributed by atoms with Crippen molar-refractivity contribution in [2.45, 2.75) is 26.3 Å². The standard InChI is InChI=1S/C22H20FNO4/c1-3-28-22(27)14(2)12-17(13-15-8-10-16(23)11-9-15)24-20(25)18-6-4-5-7-19(18)21(24)26/h4-12,17H,3,13H2,1-2H3/t17-/m1/s1. The summed E-state index contributed by atoms with van der Waals surface area (Å²) in [5.74, 6) is -1.72. The van der Waals surface area contributed by atoms with Gasteiger partial charge in [-0.05, 0) is 50.1 Å². The van der Waals surface area contributed by atoms with Crippen LogP contribution in [-0.2, 0) is 16.0 Å². The minimum atomic E-state index is -0.706. The van der Waals surface area contributed by atoms with Gasteiger partial charge in [0.1, 0.15) is 5.82 Å². The van der Waals surface area contributed by atoms with Crippen molar-refractivity contribution in [2.24, 2.45) is 0 Å². The van der Waals surface area contributed by atoms with Gasteiger partial charge in [0.05, 0.1) is 23.8 Å². The Labute approximate surface area is 162 Å². The van der Waals surface area contributed by atoms with Crippen molar-refractivity contribution in [2.75, 3.05) is 6.61 Å². The van der Waals surface area contributed by atoms with Crippen molar-refractivity contribution in [3.8, 4) is 0 Å². The number of ether oxygens (including phenoxy) is 1. The van der Waals surface area contributed by atoms with Gasteiger partial charge in [-0.25, -0.2) is 9.18 Å². The minimum Gasteiger partial charge on any atom is -0.463 e. The molecule has 6 heteroatoms. The first-order chi connectivity index (χ1) is 13.4. The lowest BCUT2D eigenvalue weighted by molar-refractivity contribution is -0.138. The Hall–Kier alpha value is -3.28. The zero-order chi connectivity index (χ0) is 20.3. The zero-order valence-electron chi connectivity index (χ0n) is 15.6. The maximum atomic E-state index is 13.2. The van der Waals surface area contributed by atoms with Gasteiger partial charge in [-0.15, -0.1) is 0 Å². The van der Waals surface area contributed by atoms with Gasteiger partial charge < -0.3 is 4.74 Å². The highest BCUT2D eigenvalue weighted by atomic mass is 19.1. The molecule has 0 spiro atoms. The molecular formula is C22H20FNO4. The number of halogens is 1. The van der Waals surface area contributed by atoms with Crippen molar-refractivity contribution < 1.29 is 23.5 Å². The summed E-state index contributed by atoms with van der Waals surface area (Å²) in [5, 5.41) is 0. The normalized spacial score (nSPS) is 14.8. The molecule has 0 unspecified atom stereocenters. The van der Waals surface area contributed by atoms with E-state index in [0.717, 1.165) is 10.5 Å². The summed E-state index contributed by atoms with van der Waals surface area (Å²) < 4.78 is 18.2. The molecule has 1 aliphatic heterocycles. The summed E-state index contributed by atoms with van der Waals surface area (Å²) >= 11 is 0. The van der Waals surface area contributed by atoms with Crippen LogP contribution in [0, 0.1) is 5.82 Å². The first kappa shape index (κ1) is 19.5. The number of hydrogen-bond acceptors (Lipinski definition) is 4. The monoisotopic (exact) mass is 381 g/mol. The van der Waals surface area contributed by atoms with Crippen molar-refractivity contribution in [3.05, 3.63) is 82.7 Å². The topological polar surface area (TPSA) is 63.7 Å². The van der Waals surface area contributed by atoms with E-state index in [-0.39, 0.29) is 18.8 Å². The number of imide groups is 1. The second-order valence-electron chi connectivity index (χ2n) is 6.49. The number of benzene rings is 2. The Morgan fingerprint density at radius 3 is 2.18 bits per heavy atom. The molecule has 0 aromatic heterocycles. The zero-order valence-corrected chi connectivity index (χ0v) is 15.6. The summed E-state index contributed by atoms with van der Waals surface area (Å²) in [6, 6.07) is 11.7. The SMILES string of the molecule is CCOC(=O)C(C)=C[C@H](Cc1ccc(F)cc1)N1C(=O)c2ccccc2C1=O. The van der Waals surface area contributed by atoms with E-state index in [1.54, 1.807) is 56.3 Å². The molecule has 2 aromatic rings. The maximum absolute atomic E-state index is 13.2. The third-order valence-corrected chi connectivity index (χ3v) is 4.56. The van der Waals surface area contributed by atoms with Crippen molar-refractivity contribution in [1.29, 1.82) is 0 Å². The van der Waals surface area contributed by atoms with E-state index in [1.165, 1.54) is 12.1 Å². The largest absolute Gasteiger partial charge is 0.463 e. The highest BCUT2D eigenvalue weighted by Crippen LogP contribution is 2.27. The van der Waals surface area contributed by atoms with Crippen LogP contribution in [0.25, 0.3) is 0 Å². The van der Waals surface area contributed by atoms with Crippen LogP contribution < -0.4 is 0 Å². The molecular weight excluding hydrogens is 361 g/mol. The number of nitrogens with zero attached hydrogens (tertiary/aromatic N) is 1. The highest BCUT2D eigenvalue weighted by molar-refractivity contribution is 6.21. The van der Waals surface area contributed by atoms with Gasteiger partial charge in [0, 0.05) is 5.57 Å². The average molecular weight is 381 g/mol. The van der Waals surface area contributed by atoms with E-state index in [1.807, 2.05) is 0 Å².